The van der Waals surface area contributed by atoms with Crippen molar-refractivity contribution in [3.63, 3.8) is 0 Å². The molecule has 0 saturated heterocycles. The van der Waals surface area contributed by atoms with Gasteiger partial charge in [0.2, 0.25) is 5.91 Å². The van der Waals surface area contributed by atoms with Crippen LogP contribution in [0.15, 0.2) is 48.5 Å². The molecule has 2 N–H and O–H groups in total. The number of rotatable bonds is 7. The maximum atomic E-state index is 13.5. The number of likely N-dealkylation sites (N-methyl/N-ethyl adjacent to an activating group) is 1. The largest absolute Gasteiger partial charge is 0.395 e. The van der Waals surface area contributed by atoms with Gasteiger partial charge in [-0.2, -0.15) is 0 Å². The molecule has 2 aromatic carbocycles. The minimum Gasteiger partial charge on any atom is -0.395 e. The number of amides is 1. The first-order valence-electron chi connectivity index (χ1n) is 7.55. The maximum Gasteiger partial charge on any atom is 0.224 e. The monoisotopic (exact) mass is 316 g/mol. The van der Waals surface area contributed by atoms with Gasteiger partial charge >= 0.3 is 0 Å². The topological polar surface area (TPSA) is 52.6 Å². The summed E-state index contributed by atoms with van der Waals surface area (Å²) in [6, 6.07) is 13.9. The summed E-state index contributed by atoms with van der Waals surface area (Å²) in [5, 5.41) is 11.7. The number of anilines is 2. The third-order valence-corrected chi connectivity index (χ3v) is 3.61. The minimum absolute atomic E-state index is 0.0883. The molecule has 0 unspecified atom stereocenters. The van der Waals surface area contributed by atoms with Crippen LogP contribution >= 0.6 is 0 Å². The van der Waals surface area contributed by atoms with E-state index in [1.54, 1.807) is 18.2 Å². The predicted octanol–water partition coefficient (Wildman–Crippen LogP) is 2.83. The Balaban J connectivity index is 1.87. The molecule has 0 fully saturated rings. The molecule has 5 heteroatoms. The molecule has 0 aliphatic carbocycles. The Labute approximate surface area is 135 Å². The fourth-order valence-corrected chi connectivity index (χ4v) is 2.25. The van der Waals surface area contributed by atoms with E-state index in [1.165, 1.54) is 6.07 Å². The summed E-state index contributed by atoms with van der Waals surface area (Å²) in [7, 11) is 1.89. The highest BCUT2D eigenvalue weighted by atomic mass is 19.1. The fraction of sp³-hybridized carbons (Fsp3) is 0.278. The number of aliphatic hydroxyl groups excluding tert-OH is 1. The summed E-state index contributed by atoms with van der Waals surface area (Å²) in [6.45, 7) is 0.638. The molecule has 0 radical (unpaired) electrons. The van der Waals surface area contributed by atoms with E-state index in [1.807, 2.05) is 36.2 Å². The van der Waals surface area contributed by atoms with Crippen LogP contribution in [0, 0.1) is 5.82 Å². The summed E-state index contributed by atoms with van der Waals surface area (Å²) < 4.78 is 13.5. The number of carbonyl (C=O) groups is 1. The zero-order chi connectivity index (χ0) is 16.7. The molecule has 0 atom stereocenters. The second kappa shape index (κ2) is 8.29. The second-order valence-electron chi connectivity index (χ2n) is 5.33. The molecule has 23 heavy (non-hydrogen) atoms. The smallest absolute Gasteiger partial charge is 0.224 e. The van der Waals surface area contributed by atoms with Crippen LogP contribution in [-0.2, 0) is 11.2 Å². The number of hydrogen-bond acceptors (Lipinski definition) is 3. The predicted molar refractivity (Wildman–Crippen MR) is 90.1 cm³/mol. The van der Waals surface area contributed by atoms with E-state index in [0.29, 0.717) is 24.2 Å². The van der Waals surface area contributed by atoms with E-state index in [9.17, 15) is 9.18 Å². The molecule has 0 heterocycles. The zero-order valence-electron chi connectivity index (χ0n) is 13.1. The van der Waals surface area contributed by atoms with Crippen molar-refractivity contribution in [2.24, 2.45) is 0 Å². The van der Waals surface area contributed by atoms with Crippen molar-refractivity contribution in [3.05, 3.63) is 59.9 Å². The molecule has 0 bridgehead atoms. The molecule has 0 spiro atoms. The number of carbonyl (C=O) groups excluding carboxylic acids is 1. The Morgan fingerprint density at radius 1 is 1.17 bits per heavy atom. The number of nitrogens with zero attached hydrogens (tertiary/aromatic N) is 1. The van der Waals surface area contributed by atoms with Crippen LogP contribution in [0.4, 0.5) is 15.8 Å². The minimum atomic E-state index is -0.281. The second-order valence-corrected chi connectivity index (χ2v) is 5.33. The lowest BCUT2D eigenvalue weighted by Gasteiger charge is -2.18. The molecule has 4 nitrogen and oxygen atoms in total. The zero-order valence-corrected chi connectivity index (χ0v) is 13.1. The van der Waals surface area contributed by atoms with E-state index in [0.717, 1.165) is 5.69 Å². The first-order valence-corrected chi connectivity index (χ1v) is 7.55. The van der Waals surface area contributed by atoms with Crippen LogP contribution in [-0.4, -0.2) is 31.2 Å². The lowest BCUT2D eigenvalue weighted by atomic mass is 10.1. The van der Waals surface area contributed by atoms with Crippen molar-refractivity contribution >= 4 is 17.3 Å². The number of benzene rings is 2. The van der Waals surface area contributed by atoms with E-state index in [4.69, 9.17) is 5.11 Å². The van der Waals surface area contributed by atoms with Crippen LogP contribution in [0.5, 0.6) is 0 Å². The number of hydrogen-bond donors (Lipinski definition) is 2. The Kier molecular flexibility index (Phi) is 6.11. The molecule has 1 amide bonds. The first-order chi connectivity index (χ1) is 11.1. The molecule has 2 rings (SSSR count). The van der Waals surface area contributed by atoms with Gasteiger partial charge in [0, 0.05) is 31.4 Å². The van der Waals surface area contributed by atoms with Crippen LogP contribution in [0.1, 0.15) is 12.0 Å². The normalized spacial score (nSPS) is 10.4. The third kappa shape index (κ3) is 5.07. The van der Waals surface area contributed by atoms with E-state index < -0.39 is 0 Å². The number of halogens is 1. The van der Waals surface area contributed by atoms with E-state index in [2.05, 4.69) is 5.32 Å². The van der Waals surface area contributed by atoms with Gasteiger partial charge in [-0.25, -0.2) is 4.39 Å². The molecule has 2 aromatic rings. The standard InChI is InChI=1S/C18H21FN2O2/c1-21(12-13-22)16-9-7-15(8-10-16)20-18(23)11-6-14-4-2-3-5-17(14)19/h2-5,7-10,22H,6,11-13H2,1H3,(H,20,23). The Hall–Kier alpha value is -2.40. The Bertz CT molecular complexity index is 644. The van der Waals surface area contributed by atoms with Crippen LogP contribution in [0.2, 0.25) is 0 Å². The Morgan fingerprint density at radius 2 is 1.87 bits per heavy atom. The van der Waals surface area contributed by atoms with Crippen molar-refractivity contribution in [3.8, 4) is 0 Å². The van der Waals surface area contributed by atoms with Crippen molar-refractivity contribution < 1.29 is 14.3 Å². The van der Waals surface area contributed by atoms with Gasteiger partial charge < -0.3 is 15.3 Å². The molecule has 122 valence electrons. The highest BCUT2D eigenvalue weighted by molar-refractivity contribution is 5.91. The van der Waals surface area contributed by atoms with Gasteiger partial charge in [-0.05, 0) is 42.3 Å². The number of aliphatic hydroxyl groups is 1. The van der Waals surface area contributed by atoms with Gasteiger partial charge in [0.25, 0.3) is 0 Å². The van der Waals surface area contributed by atoms with Gasteiger partial charge in [-0.1, -0.05) is 18.2 Å². The average molecular weight is 316 g/mol. The summed E-state index contributed by atoms with van der Waals surface area (Å²) >= 11 is 0. The van der Waals surface area contributed by atoms with Gasteiger partial charge in [-0.3, -0.25) is 4.79 Å². The van der Waals surface area contributed by atoms with Crippen molar-refractivity contribution in [2.45, 2.75) is 12.8 Å². The highest BCUT2D eigenvalue weighted by Gasteiger charge is 2.07. The van der Waals surface area contributed by atoms with Gasteiger partial charge in [-0.15, -0.1) is 0 Å². The quantitative estimate of drug-likeness (QED) is 0.826. The van der Waals surface area contributed by atoms with Gasteiger partial charge in [0.1, 0.15) is 5.82 Å². The molecule has 0 saturated carbocycles. The molecule has 0 aromatic heterocycles. The summed E-state index contributed by atoms with van der Waals surface area (Å²) in [6.07, 6.45) is 0.600. The fourth-order valence-electron chi connectivity index (χ4n) is 2.25. The molecule has 0 aliphatic rings. The molecule has 0 aliphatic heterocycles. The highest BCUT2D eigenvalue weighted by Crippen LogP contribution is 2.17. The van der Waals surface area contributed by atoms with Gasteiger partial charge in [0.05, 0.1) is 6.61 Å². The number of aryl methyl sites for hydroxylation is 1. The van der Waals surface area contributed by atoms with Crippen molar-refractivity contribution in [1.82, 2.24) is 0 Å². The number of nitrogens with one attached hydrogen (secondary N) is 1. The van der Waals surface area contributed by atoms with E-state index in [-0.39, 0.29) is 24.8 Å². The summed E-state index contributed by atoms with van der Waals surface area (Å²) in [5.74, 6) is -0.429. The van der Waals surface area contributed by atoms with Crippen LogP contribution < -0.4 is 10.2 Å². The summed E-state index contributed by atoms with van der Waals surface area (Å²) in [5.41, 5.74) is 2.21. The van der Waals surface area contributed by atoms with Crippen molar-refractivity contribution in [1.29, 1.82) is 0 Å². The van der Waals surface area contributed by atoms with E-state index >= 15 is 0 Å². The third-order valence-electron chi connectivity index (χ3n) is 3.61. The Morgan fingerprint density at radius 3 is 2.52 bits per heavy atom. The maximum absolute atomic E-state index is 13.5. The molecular formula is C18H21FN2O2. The summed E-state index contributed by atoms with van der Waals surface area (Å²) in [4.78, 5) is 13.9. The average Bonchev–Trinajstić information content (AvgIpc) is 2.55. The van der Waals surface area contributed by atoms with Crippen molar-refractivity contribution in [2.75, 3.05) is 30.4 Å². The van der Waals surface area contributed by atoms with Crippen LogP contribution in [0.25, 0.3) is 0 Å². The van der Waals surface area contributed by atoms with Crippen LogP contribution in [0.3, 0.4) is 0 Å². The van der Waals surface area contributed by atoms with Gasteiger partial charge in [0.15, 0.2) is 0 Å². The molecular weight excluding hydrogens is 295 g/mol. The first kappa shape index (κ1) is 17.0. The lowest BCUT2D eigenvalue weighted by molar-refractivity contribution is -0.116. The lowest BCUT2D eigenvalue weighted by Crippen LogP contribution is -2.21. The SMILES string of the molecule is CN(CCO)c1ccc(NC(=O)CCc2ccccc2F)cc1.